The van der Waals surface area contributed by atoms with Crippen LogP contribution in [0.1, 0.15) is 36.1 Å². The molecule has 212 valence electrons. The lowest BCUT2D eigenvalue weighted by Gasteiger charge is -2.26. The van der Waals surface area contributed by atoms with Gasteiger partial charge in [0, 0.05) is 16.8 Å². The summed E-state index contributed by atoms with van der Waals surface area (Å²) >= 11 is 0. The lowest BCUT2D eigenvalue weighted by molar-refractivity contribution is 0.328. The number of aliphatic imine (C=N–C) groups is 2. The van der Waals surface area contributed by atoms with Crippen molar-refractivity contribution in [3.63, 3.8) is 0 Å². The van der Waals surface area contributed by atoms with Gasteiger partial charge in [-0.2, -0.15) is 0 Å². The van der Waals surface area contributed by atoms with E-state index in [-0.39, 0.29) is 30.4 Å². The molecule has 0 atom stereocenters. The van der Waals surface area contributed by atoms with Gasteiger partial charge in [-0.05, 0) is 70.8 Å². The summed E-state index contributed by atoms with van der Waals surface area (Å²) in [6.07, 6.45) is 0. The van der Waals surface area contributed by atoms with Crippen molar-refractivity contribution in [3.05, 3.63) is 119 Å². The second-order valence-electron chi connectivity index (χ2n) is 10.1. The van der Waals surface area contributed by atoms with Gasteiger partial charge < -0.3 is 31.2 Å². The maximum absolute atomic E-state index is 9.71. The SMILES string of the molecule is CC(C)(c1ccc(OC(CO)=NCc2ccc(N)cc2)cc1)c1ccc(OC(CO)=NCc2ccc(N)cc2)cc1. The van der Waals surface area contributed by atoms with Crippen LogP contribution >= 0.6 is 0 Å². The number of anilines is 2. The van der Waals surface area contributed by atoms with Crippen LogP contribution in [0.5, 0.6) is 11.5 Å². The van der Waals surface area contributed by atoms with Gasteiger partial charge in [0.25, 0.3) is 0 Å². The lowest BCUT2D eigenvalue weighted by atomic mass is 9.78. The molecule has 4 aromatic rings. The molecule has 0 aliphatic carbocycles. The Hall–Kier alpha value is -4.66. The van der Waals surface area contributed by atoms with E-state index in [9.17, 15) is 10.2 Å². The monoisotopic (exact) mass is 552 g/mol. The average molecular weight is 553 g/mol. The topological polar surface area (TPSA) is 136 Å². The van der Waals surface area contributed by atoms with Gasteiger partial charge >= 0.3 is 0 Å². The van der Waals surface area contributed by atoms with Gasteiger partial charge in [0.2, 0.25) is 11.8 Å². The quantitative estimate of drug-likeness (QED) is 0.123. The molecular weight excluding hydrogens is 516 g/mol. The van der Waals surface area contributed by atoms with Crippen molar-refractivity contribution in [2.75, 3.05) is 24.7 Å². The Bertz CT molecular complexity index is 1350. The van der Waals surface area contributed by atoms with E-state index in [1.807, 2.05) is 97.1 Å². The third kappa shape index (κ3) is 8.17. The Labute approximate surface area is 240 Å². The van der Waals surface area contributed by atoms with Crippen LogP contribution in [-0.4, -0.2) is 35.2 Å². The summed E-state index contributed by atoms with van der Waals surface area (Å²) in [4.78, 5) is 8.77. The molecule has 4 rings (SSSR count). The molecule has 8 heteroatoms. The number of hydrogen-bond acceptors (Lipinski definition) is 8. The van der Waals surface area contributed by atoms with Crippen molar-refractivity contribution in [2.45, 2.75) is 32.4 Å². The fraction of sp³-hybridized carbons (Fsp3) is 0.212. The number of nitrogens with two attached hydrogens (primary N) is 2. The molecule has 0 bridgehead atoms. The number of aliphatic hydroxyl groups is 2. The van der Waals surface area contributed by atoms with Crippen LogP contribution in [0.2, 0.25) is 0 Å². The summed E-state index contributed by atoms with van der Waals surface area (Å²) in [5.74, 6) is 1.66. The zero-order valence-corrected chi connectivity index (χ0v) is 23.3. The Morgan fingerprint density at radius 1 is 0.585 bits per heavy atom. The molecule has 0 saturated carbocycles. The molecular formula is C33H36N4O4. The van der Waals surface area contributed by atoms with Gasteiger partial charge in [0.1, 0.15) is 24.7 Å². The van der Waals surface area contributed by atoms with Crippen LogP contribution in [0, 0.1) is 0 Å². The summed E-state index contributed by atoms with van der Waals surface area (Å²) in [6, 6.07) is 30.3. The van der Waals surface area contributed by atoms with Crippen molar-refractivity contribution >= 4 is 23.2 Å². The van der Waals surface area contributed by atoms with Crippen molar-refractivity contribution in [1.29, 1.82) is 0 Å². The highest BCUT2D eigenvalue weighted by molar-refractivity contribution is 5.80. The van der Waals surface area contributed by atoms with Crippen molar-refractivity contribution in [2.24, 2.45) is 9.98 Å². The van der Waals surface area contributed by atoms with E-state index >= 15 is 0 Å². The predicted molar refractivity (Wildman–Crippen MR) is 164 cm³/mol. The first kappa shape index (κ1) is 29.3. The Kier molecular flexibility index (Phi) is 9.73. The lowest BCUT2D eigenvalue weighted by Crippen LogP contribution is -2.19. The third-order valence-corrected chi connectivity index (χ3v) is 6.73. The molecule has 8 nitrogen and oxygen atoms in total. The molecule has 0 aliphatic rings. The second kappa shape index (κ2) is 13.6. The minimum Gasteiger partial charge on any atom is -0.441 e. The highest BCUT2D eigenvalue weighted by atomic mass is 16.5. The zero-order valence-electron chi connectivity index (χ0n) is 23.3. The minimum absolute atomic E-state index is 0.240. The molecule has 0 radical (unpaired) electrons. The number of ether oxygens (including phenoxy) is 2. The highest BCUT2D eigenvalue weighted by Gasteiger charge is 2.23. The molecule has 0 saturated heterocycles. The largest absolute Gasteiger partial charge is 0.441 e. The Morgan fingerprint density at radius 3 is 1.24 bits per heavy atom. The van der Waals surface area contributed by atoms with Crippen molar-refractivity contribution in [1.82, 2.24) is 0 Å². The molecule has 0 aromatic heterocycles. The minimum atomic E-state index is -0.305. The van der Waals surface area contributed by atoms with Gasteiger partial charge in [-0.3, -0.25) is 0 Å². The van der Waals surface area contributed by atoms with Crippen LogP contribution in [-0.2, 0) is 18.5 Å². The van der Waals surface area contributed by atoms with Crippen LogP contribution < -0.4 is 20.9 Å². The van der Waals surface area contributed by atoms with Gasteiger partial charge in [0.15, 0.2) is 0 Å². The van der Waals surface area contributed by atoms with Gasteiger partial charge in [0.05, 0.1) is 13.1 Å². The van der Waals surface area contributed by atoms with E-state index in [0.717, 1.165) is 22.3 Å². The van der Waals surface area contributed by atoms with Crippen LogP contribution in [0.25, 0.3) is 0 Å². The number of rotatable bonds is 10. The molecule has 6 N–H and O–H groups in total. The first-order chi connectivity index (χ1) is 19.8. The van der Waals surface area contributed by atoms with Gasteiger partial charge in [-0.15, -0.1) is 0 Å². The molecule has 0 spiro atoms. The zero-order chi connectivity index (χ0) is 29.2. The molecule has 4 aromatic carbocycles. The van der Waals surface area contributed by atoms with E-state index in [1.54, 1.807) is 0 Å². The van der Waals surface area contributed by atoms with Gasteiger partial charge in [-0.1, -0.05) is 62.4 Å². The smallest absolute Gasteiger partial charge is 0.216 e. The molecule has 41 heavy (non-hydrogen) atoms. The summed E-state index contributed by atoms with van der Waals surface area (Å²) in [6.45, 7) is 4.43. The molecule has 0 unspecified atom stereocenters. The van der Waals surface area contributed by atoms with Crippen LogP contribution in [0.4, 0.5) is 11.4 Å². The number of hydrogen-bond donors (Lipinski definition) is 4. The standard InChI is InChI=1S/C33H36N4O4/c1-33(2,25-7-15-29(16-8-25)40-31(21-38)36-19-23-3-11-27(34)12-4-23)26-9-17-30(18-10-26)41-32(22-39)37-20-24-5-13-28(35)14-6-24/h3-18,38-39H,19-22,34-35H2,1-2H3. The van der Waals surface area contributed by atoms with Gasteiger partial charge in [-0.25, -0.2) is 9.98 Å². The fourth-order valence-corrected chi connectivity index (χ4v) is 4.15. The van der Waals surface area contributed by atoms with Crippen molar-refractivity contribution in [3.8, 4) is 11.5 Å². The molecule has 0 fully saturated rings. The Morgan fingerprint density at radius 2 is 0.927 bits per heavy atom. The van der Waals surface area contributed by atoms with E-state index in [4.69, 9.17) is 20.9 Å². The number of nitrogen functional groups attached to an aromatic ring is 2. The van der Waals surface area contributed by atoms with Crippen LogP contribution in [0.3, 0.4) is 0 Å². The number of aliphatic hydroxyl groups excluding tert-OH is 2. The number of nitrogens with zero attached hydrogens (tertiary/aromatic N) is 2. The molecule has 0 heterocycles. The first-order valence-electron chi connectivity index (χ1n) is 13.3. The molecule has 0 aliphatic heterocycles. The summed E-state index contributed by atoms with van der Waals surface area (Å²) in [7, 11) is 0. The predicted octanol–water partition coefficient (Wildman–Crippen LogP) is 5.12. The average Bonchev–Trinajstić information content (AvgIpc) is 2.99. The summed E-state index contributed by atoms with van der Waals surface area (Å²) in [5.41, 5.74) is 16.7. The fourth-order valence-electron chi connectivity index (χ4n) is 4.15. The maximum atomic E-state index is 9.71. The second-order valence-corrected chi connectivity index (χ2v) is 10.1. The highest BCUT2D eigenvalue weighted by Crippen LogP contribution is 2.33. The third-order valence-electron chi connectivity index (χ3n) is 6.73. The summed E-state index contributed by atoms with van der Waals surface area (Å²) in [5, 5.41) is 19.4. The maximum Gasteiger partial charge on any atom is 0.216 e. The number of benzene rings is 4. The Balaban J connectivity index is 1.38. The normalized spacial score (nSPS) is 12.3. The van der Waals surface area contributed by atoms with E-state index in [1.165, 1.54) is 0 Å². The molecule has 0 amide bonds. The summed E-state index contributed by atoms with van der Waals surface area (Å²) < 4.78 is 11.6. The van der Waals surface area contributed by atoms with Crippen LogP contribution in [0.15, 0.2) is 107 Å². The van der Waals surface area contributed by atoms with Crippen molar-refractivity contribution < 1.29 is 19.7 Å². The first-order valence-corrected chi connectivity index (χ1v) is 13.3. The van der Waals surface area contributed by atoms with E-state index in [2.05, 4.69) is 23.8 Å². The van der Waals surface area contributed by atoms with E-state index < -0.39 is 0 Å². The van der Waals surface area contributed by atoms with E-state index in [0.29, 0.717) is 36.0 Å².